The van der Waals surface area contributed by atoms with Gasteiger partial charge in [0.1, 0.15) is 23.7 Å². The molecule has 5 heteroatoms. The molecular formula is C19H20O5. The number of ether oxygens (including phenoxy) is 2. The van der Waals surface area contributed by atoms with Crippen LogP contribution in [0, 0.1) is 0 Å². The van der Waals surface area contributed by atoms with Crippen molar-refractivity contribution in [3.8, 4) is 11.5 Å². The molecule has 5 nitrogen and oxygen atoms in total. The predicted octanol–water partition coefficient (Wildman–Crippen LogP) is 3.85. The van der Waals surface area contributed by atoms with E-state index in [1.807, 2.05) is 12.1 Å². The van der Waals surface area contributed by atoms with E-state index in [0.29, 0.717) is 29.9 Å². The van der Waals surface area contributed by atoms with E-state index in [0.717, 1.165) is 30.2 Å². The van der Waals surface area contributed by atoms with E-state index >= 15 is 0 Å². The average molecular weight is 328 g/mol. The summed E-state index contributed by atoms with van der Waals surface area (Å²) in [6, 6.07) is 10.1. The van der Waals surface area contributed by atoms with Crippen molar-refractivity contribution in [3.63, 3.8) is 0 Å². The molecule has 1 heterocycles. The van der Waals surface area contributed by atoms with E-state index in [-0.39, 0.29) is 5.75 Å². The largest absolute Gasteiger partial charge is 0.508 e. The lowest BCUT2D eigenvalue weighted by Crippen LogP contribution is -2.08. The summed E-state index contributed by atoms with van der Waals surface area (Å²) < 4.78 is 16.4. The molecule has 0 bridgehead atoms. The van der Waals surface area contributed by atoms with Crippen molar-refractivity contribution in [3.05, 3.63) is 46.8 Å². The van der Waals surface area contributed by atoms with Gasteiger partial charge in [-0.15, -0.1) is 0 Å². The molecule has 0 unspecified atom stereocenters. The molecule has 126 valence electrons. The number of hydrogen-bond acceptors (Lipinski definition) is 5. The molecule has 0 radical (unpaired) electrons. The van der Waals surface area contributed by atoms with Crippen LogP contribution in [0.4, 0.5) is 0 Å². The van der Waals surface area contributed by atoms with Crippen LogP contribution in [-0.2, 0) is 4.74 Å². The van der Waals surface area contributed by atoms with Crippen LogP contribution >= 0.6 is 0 Å². The maximum Gasteiger partial charge on any atom is 0.344 e. The minimum absolute atomic E-state index is 0.0630. The number of phenolic OH excluding ortho intramolecular Hbond substituents is 1. The summed E-state index contributed by atoms with van der Waals surface area (Å²) in [5, 5.41) is 11.5. The first-order valence-electron chi connectivity index (χ1n) is 8.09. The van der Waals surface area contributed by atoms with Crippen molar-refractivity contribution in [2.75, 3.05) is 19.8 Å². The number of benzene rings is 2. The van der Waals surface area contributed by atoms with Gasteiger partial charge in [0, 0.05) is 23.4 Å². The van der Waals surface area contributed by atoms with Crippen LogP contribution in [0.25, 0.3) is 21.7 Å². The zero-order chi connectivity index (χ0) is 16.9. The predicted molar refractivity (Wildman–Crippen MR) is 92.9 cm³/mol. The average Bonchev–Trinajstić information content (AvgIpc) is 2.58. The fourth-order valence-corrected chi connectivity index (χ4v) is 2.56. The van der Waals surface area contributed by atoms with Gasteiger partial charge in [-0.2, -0.15) is 0 Å². The van der Waals surface area contributed by atoms with E-state index in [2.05, 4.69) is 6.92 Å². The molecular weight excluding hydrogens is 308 g/mol. The molecule has 2 aromatic carbocycles. The van der Waals surface area contributed by atoms with Gasteiger partial charge in [0.15, 0.2) is 0 Å². The third kappa shape index (κ3) is 3.51. The molecule has 24 heavy (non-hydrogen) atoms. The Hall–Kier alpha value is -2.53. The quantitative estimate of drug-likeness (QED) is 0.405. The van der Waals surface area contributed by atoms with Crippen LogP contribution in [0.3, 0.4) is 0 Å². The molecule has 0 aliphatic carbocycles. The van der Waals surface area contributed by atoms with E-state index in [4.69, 9.17) is 13.9 Å². The third-order valence-electron chi connectivity index (χ3n) is 3.81. The second-order valence-electron chi connectivity index (χ2n) is 5.59. The van der Waals surface area contributed by atoms with Crippen LogP contribution in [0.5, 0.6) is 11.5 Å². The number of rotatable bonds is 7. The normalized spacial score (nSPS) is 11.2. The Balaban J connectivity index is 1.81. The highest BCUT2D eigenvalue weighted by Gasteiger charge is 2.09. The van der Waals surface area contributed by atoms with E-state index in [1.165, 1.54) is 6.07 Å². The monoisotopic (exact) mass is 328 g/mol. The van der Waals surface area contributed by atoms with Gasteiger partial charge < -0.3 is 19.0 Å². The maximum absolute atomic E-state index is 12.2. The number of hydrogen-bond donors (Lipinski definition) is 1. The van der Waals surface area contributed by atoms with Crippen molar-refractivity contribution in [1.29, 1.82) is 0 Å². The Morgan fingerprint density at radius 1 is 1.00 bits per heavy atom. The van der Waals surface area contributed by atoms with Gasteiger partial charge in [-0.25, -0.2) is 4.79 Å². The highest BCUT2D eigenvalue weighted by atomic mass is 16.5. The van der Waals surface area contributed by atoms with Crippen molar-refractivity contribution in [2.24, 2.45) is 0 Å². The van der Waals surface area contributed by atoms with Gasteiger partial charge in [-0.05, 0) is 36.8 Å². The Morgan fingerprint density at radius 2 is 1.83 bits per heavy atom. The van der Waals surface area contributed by atoms with Gasteiger partial charge in [0.2, 0.25) is 0 Å². The van der Waals surface area contributed by atoms with Crippen LogP contribution < -0.4 is 10.4 Å². The van der Waals surface area contributed by atoms with Crippen molar-refractivity contribution < 1.29 is 19.0 Å². The van der Waals surface area contributed by atoms with Gasteiger partial charge in [0.25, 0.3) is 0 Å². The fraction of sp³-hybridized carbons (Fsp3) is 0.316. The van der Waals surface area contributed by atoms with Gasteiger partial charge in [-0.1, -0.05) is 13.3 Å². The molecule has 0 saturated heterocycles. The summed E-state index contributed by atoms with van der Waals surface area (Å²) in [4.78, 5) is 12.2. The van der Waals surface area contributed by atoms with Crippen LogP contribution in [0.1, 0.15) is 19.8 Å². The molecule has 0 saturated carbocycles. The summed E-state index contributed by atoms with van der Waals surface area (Å²) in [5.41, 5.74) is -0.0850. The van der Waals surface area contributed by atoms with Gasteiger partial charge in [-0.3, -0.25) is 0 Å². The van der Waals surface area contributed by atoms with E-state index < -0.39 is 5.63 Å². The molecule has 0 spiro atoms. The minimum atomic E-state index is -0.451. The highest BCUT2D eigenvalue weighted by Crippen LogP contribution is 2.28. The second-order valence-corrected chi connectivity index (χ2v) is 5.59. The van der Waals surface area contributed by atoms with Crippen molar-refractivity contribution in [2.45, 2.75) is 19.8 Å². The second kappa shape index (κ2) is 7.36. The maximum atomic E-state index is 12.2. The topological polar surface area (TPSA) is 68.9 Å². The summed E-state index contributed by atoms with van der Waals surface area (Å²) in [6.45, 7) is 3.80. The molecule has 0 atom stereocenters. The molecule has 0 aliphatic rings. The fourth-order valence-electron chi connectivity index (χ4n) is 2.56. The zero-order valence-corrected chi connectivity index (χ0v) is 13.6. The molecule has 1 N–H and O–H groups in total. The Labute approximate surface area is 139 Å². The number of unbranched alkanes of at least 4 members (excludes halogenated alkanes) is 1. The molecule has 0 aliphatic heterocycles. The van der Waals surface area contributed by atoms with Crippen LogP contribution in [-0.4, -0.2) is 24.9 Å². The zero-order valence-electron chi connectivity index (χ0n) is 13.6. The van der Waals surface area contributed by atoms with E-state index in [1.54, 1.807) is 18.2 Å². The summed E-state index contributed by atoms with van der Waals surface area (Å²) in [6.07, 6.45) is 2.15. The summed E-state index contributed by atoms with van der Waals surface area (Å²) >= 11 is 0. The summed E-state index contributed by atoms with van der Waals surface area (Å²) in [5.74, 6) is 0.667. The summed E-state index contributed by atoms with van der Waals surface area (Å²) in [7, 11) is 0. The number of phenols is 1. The molecule has 3 rings (SSSR count). The Kier molecular flexibility index (Phi) is 5.01. The molecule has 0 amide bonds. The smallest absolute Gasteiger partial charge is 0.344 e. The van der Waals surface area contributed by atoms with Crippen molar-refractivity contribution in [1.82, 2.24) is 0 Å². The SMILES string of the molecule is CCCCOCCOc1ccc2c(c1)c(=O)oc1cc(O)ccc12. The van der Waals surface area contributed by atoms with Gasteiger partial charge >= 0.3 is 5.63 Å². The first-order chi connectivity index (χ1) is 11.7. The first kappa shape index (κ1) is 16.3. The number of aromatic hydroxyl groups is 1. The molecule has 0 fully saturated rings. The van der Waals surface area contributed by atoms with Crippen LogP contribution in [0.2, 0.25) is 0 Å². The standard InChI is InChI=1S/C19H20O5/c1-2-3-8-22-9-10-23-14-5-7-15-16-6-4-13(20)11-18(16)24-19(21)17(15)12-14/h4-7,11-12,20H,2-3,8-10H2,1H3. The lowest BCUT2D eigenvalue weighted by molar-refractivity contribution is 0.0981. The third-order valence-corrected chi connectivity index (χ3v) is 3.81. The first-order valence-corrected chi connectivity index (χ1v) is 8.09. The lowest BCUT2D eigenvalue weighted by Gasteiger charge is -2.08. The highest BCUT2D eigenvalue weighted by molar-refractivity contribution is 6.04. The Morgan fingerprint density at radius 3 is 2.67 bits per heavy atom. The van der Waals surface area contributed by atoms with Gasteiger partial charge in [0.05, 0.1) is 12.0 Å². The molecule has 3 aromatic rings. The number of fused-ring (bicyclic) bond motifs is 3. The van der Waals surface area contributed by atoms with Crippen molar-refractivity contribution >= 4 is 21.7 Å². The van der Waals surface area contributed by atoms with E-state index in [9.17, 15) is 9.90 Å². The Bertz CT molecular complexity index is 897. The minimum Gasteiger partial charge on any atom is -0.508 e. The lowest BCUT2D eigenvalue weighted by atomic mass is 10.1. The molecule has 1 aromatic heterocycles. The van der Waals surface area contributed by atoms with Crippen LogP contribution in [0.15, 0.2) is 45.6 Å².